The van der Waals surface area contributed by atoms with Gasteiger partial charge in [0.15, 0.2) is 0 Å². The Kier molecular flexibility index (Phi) is 4.60. The summed E-state index contributed by atoms with van der Waals surface area (Å²) in [6, 6.07) is 2.03. The molecule has 0 aliphatic heterocycles. The quantitative estimate of drug-likeness (QED) is 0.808. The highest BCUT2D eigenvalue weighted by molar-refractivity contribution is 5.13. The van der Waals surface area contributed by atoms with Gasteiger partial charge in [-0.15, -0.1) is 0 Å². The van der Waals surface area contributed by atoms with Crippen molar-refractivity contribution in [1.29, 1.82) is 0 Å². The number of aryl methyl sites for hydroxylation is 1. The number of rotatable bonds is 5. The standard InChI is InChI=1S/C14H25NO/c1-5-6-13(16)12-7-9-15(11-12)10-8-14(2,3)4/h7,9,11,13,16H,5-6,8,10H2,1-4H3. The lowest BCUT2D eigenvalue weighted by Crippen LogP contribution is -2.09. The van der Waals surface area contributed by atoms with Crippen molar-refractivity contribution in [2.24, 2.45) is 5.41 Å². The summed E-state index contributed by atoms with van der Waals surface area (Å²) < 4.78 is 2.18. The van der Waals surface area contributed by atoms with Gasteiger partial charge in [0.2, 0.25) is 0 Å². The van der Waals surface area contributed by atoms with Crippen molar-refractivity contribution in [3.63, 3.8) is 0 Å². The van der Waals surface area contributed by atoms with Crippen LogP contribution in [0.1, 0.15) is 58.6 Å². The second kappa shape index (κ2) is 5.53. The van der Waals surface area contributed by atoms with E-state index in [-0.39, 0.29) is 6.10 Å². The molecule has 2 heteroatoms. The van der Waals surface area contributed by atoms with Crippen molar-refractivity contribution in [3.05, 3.63) is 24.0 Å². The Morgan fingerprint density at radius 3 is 2.62 bits per heavy atom. The van der Waals surface area contributed by atoms with Crippen molar-refractivity contribution in [2.75, 3.05) is 0 Å². The van der Waals surface area contributed by atoms with Gasteiger partial charge in [0.1, 0.15) is 0 Å². The Morgan fingerprint density at radius 1 is 1.38 bits per heavy atom. The minimum absolute atomic E-state index is 0.291. The van der Waals surface area contributed by atoms with Crippen LogP contribution in [0.4, 0.5) is 0 Å². The van der Waals surface area contributed by atoms with Crippen molar-refractivity contribution in [2.45, 2.75) is 59.6 Å². The Balaban J connectivity index is 2.51. The van der Waals surface area contributed by atoms with Crippen LogP contribution in [0.3, 0.4) is 0 Å². The first-order chi connectivity index (χ1) is 7.42. The van der Waals surface area contributed by atoms with E-state index in [1.54, 1.807) is 0 Å². The predicted molar refractivity (Wildman–Crippen MR) is 68.4 cm³/mol. The molecule has 0 saturated carbocycles. The summed E-state index contributed by atoms with van der Waals surface area (Å²) in [5, 5.41) is 9.85. The van der Waals surface area contributed by atoms with E-state index in [9.17, 15) is 5.11 Å². The molecule has 1 N–H and O–H groups in total. The summed E-state index contributed by atoms with van der Waals surface area (Å²) in [6.45, 7) is 9.89. The van der Waals surface area contributed by atoms with Crippen LogP contribution in [0.25, 0.3) is 0 Å². The minimum atomic E-state index is -0.291. The molecule has 0 fully saturated rings. The van der Waals surface area contributed by atoms with Crippen molar-refractivity contribution in [3.8, 4) is 0 Å². The van der Waals surface area contributed by atoms with Gasteiger partial charge in [-0.1, -0.05) is 34.1 Å². The highest BCUT2D eigenvalue weighted by atomic mass is 16.3. The topological polar surface area (TPSA) is 25.2 Å². The molecule has 0 radical (unpaired) electrons. The van der Waals surface area contributed by atoms with Crippen molar-refractivity contribution >= 4 is 0 Å². The summed E-state index contributed by atoms with van der Waals surface area (Å²) in [4.78, 5) is 0. The highest BCUT2D eigenvalue weighted by Gasteiger charge is 2.11. The normalized spacial score (nSPS) is 14.1. The average molecular weight is 223 g/mol. The van der Waals surface area contributed by atoms with E-state index in [1.807, 2.05) is 6.07 Å². The van der Waals surface area contributed by atoms with Gasteiger partial charge < -0.3 is 9.67 Å². The molecule has 0 amide bonds. The summed E-state index contributed by atoms with van der Waals surface area (Å²) >= 11 is 0. The van der Waals surface area contributed by atoms with Crippen LogP contribution in [0.15, 0.2) is 18.5 Å². The fraction of sp³-hybridized carbons (Fsp3) is 0.714. The lowest BCUT2D eigenvalue weighted by Gasteiger charge is -2.18. The summed E-state index contributed by atoms with van der Waals surface area (Å²) in [5.41, 5.74) is 1.42. The number of hydrogen-bond donors (Lipinski definition) is 1. The zero-order valence-corrected chi connectivity index (χ0v) is 11.0. The third-order valence-corrected chi connectivity index (χ3v) is 2.84. The van der Waals surface area contributed by atoms with E-state index in [0.717, 1.165) is 31.4 Å². The number of aliphatic hydroxyl groups excluding tert-OH is 1. The molecule has 16 heavy (non-hydrogen) atoms. The van der Waals surface area contributed by atoms with Crippen LogP contribution in [0, 0.1) is 5.41 Å². The van der Waals surface area contributed by atoms with Gasteiger partial charge in [0, 0.05) is 18.9 Å². The van der Waals surface area contributed by atoms with Gasteiger partial charge in [-0.3, -0.25) is 0 Å². The smallest absolute Gasteiger partial charge is 0.0804 e. The molecule has 2 nitrogen and oxygen atoms in total. The van der Waals surface area contributed by atoms with E-state index >= 15 is 0 Å². The molecule has 0 aromatic carbocycles. The monoisotopic (exact) mass is 223 g/mol. The summed E-state index contributed by atoms with van der Waals surface area (Å²) in [5.74, 6) is 0. The molecule has 92 valence electrons. The molecule has 1 rings (SSSR count). The van der Waals surface area contributed by atoms with Crippen LogP contribution >= 0.6 is 0 Å². The van der Waals surface area contributed by atoms with Gasteiger partial charge in [0.05, 0.1) is 6.10 Å². The van der Waals surface area contributed by atoms with Gasteiger partial charge in [-0.2, -0.15) is 0 Å². The van der Waals surface area contributed by atoms with Gasteiger partial charge in [-0.25, -0.2) is 0 Å². The van der Waals surface area contributed by atoms with Gasteiger partial charge >= 0.3 is 0 Å². The highest BCUT2D eigenvalue weighted by Crippen LogP contribution is 2.22. The van der Waals surface area contributed by atoms with Crippen LogP contribution in [-0.4, -0.2) is 9.67 Å². The van der Waals surface area contributed by atoms with Gasteiger partial charge in [-0.05, 0) is 29.9 Å². The maximum atomic E-state index is 9.85. The lowest BCUT2D eigenvalue weighted by molar-refractivity contribution is 0.166. The molecular weight excluding hydrogens is 198 g/mol. The molecule has 1 aromatic rings. The third-order valence-electron chi connectivity index (χ3n) is 2.84. The number of aromatic nitrogens is 1. The maximum Gasteiger partial charge on any atom is 0.0804 e. The van der Waals surface area contributed by atoms with Gasteiger partial charge in [0.25, 0.3) is 0 Å². The van der Waals surface area contributed by atoms with Crippen LogP contribution in [-0.2, 0) is 6.54 Å². The first-order valence-electron chi connectivity index (χ1n) is 6.26. The maximum absolute atomic E-state index is 9.85. The van der Waals surface area contributed by atoms with E-state index < -0.39 is 0 Å². The molecule has 0 spiro atoms. The Labute approximate surface area is 99.3 Å². The zero-order valence-electron chi connectivity index (χ0n) is 11.0. The van der Waals surface area contributed by atoms with Crippen LogP contribution in [0.5, 0.6) is 0 Å². The fourth-order valence-electron chi connectivity index (χ4n) is 1.70. The largest absolute Gasteiger partial charge is 0.388 e. The second-order valence-corrected chi connectivity index (χ2v) is 5.80. The second-order valence-electron chi connectivity index (χ2n) is 5.80. The van der Waals surface area contributed by atoms with Crippen LogP contribution < -0.4 is 0 Å². The average Bonchev–Trinajstić information content (AvgIpc) is 2.62. The first kappa shape index (κ1) is 13.3. The Hall–Kier alpha value is -0.760. The number of hydrogen-bond acceptors (Lipinski definition) is 1. The predicted octanol–water partition coefficient (Wildman–Crippen LogP) is 3.76. The van der Waals surface area contributed by atoms with Crippen molar-refractivity contribution in [1.82, 2.24) is 4.57 Å². The van der Waals surface area contributed by atoms with E-state index in [2.05, 4.69) is 44.7 Å². The molecule has 1 unspecified atom stereocenters. The first-order valence-corrected chi connectivity index (χ1v) is 6.26. The molecule has 1 atom stereocenters. The number of nitrogens with zero attached hydrogens (tertiary/aromatic N) is 1. The summed E-state index contributed by atoms with van der Waals surface area (Å²) in [6.07, 6.45) is 6.88. The SMILES string of the molecule is CCCC(O)c1ccn(CCC(C)(C)C)c1. The van der Waals surface area contributed by atoms with E-state index in [1.165, 1.54) is 0 Å². The molecule has 0 aliphatic rings. The molecule has 1 aromatic heterocycles. The summed E-state index contributed by atoms with van der Waals surface area (Å²) in [7, 11) is 0. The molecule has 0 saturated heterocycles. The molecular formula is C14H25NO. The Bertz CT molecular complexity index is 309. The van der Waals surface area contributed by atoms with Crippen LogP contribution in [0.2, 0.25) is 0 Å². The lowest BCUT2D eigenvalue weighted by atomic mass is 9.92. The minimum Gasteiger partial charge on any atom is -0.388 e. The van der Waals surface area contributed by atoms with E-state index in [4.69, 9.17) is 0 Å². The number of aliphatic hydroxyl groups is 1. The molecule has 0 bridgehead atoms. The fourth-order valence-corrected chi connectivity index (χ4v) is 1.70. The third kappa shape index (κ3) is 4.40. The Morgan fingerprint density at radius 2 is 2.06 bits per heavy atom. The van der Waals surface area contributed by atoms with E-state index in [0.29, 0.717) is 5.41 Å². The molecule has 1 heterocycles. The molecule has 0 aliphatic carbocycles. The zero-order chi connectivity index (χ0) is 12.2. The van der Waals surface area contributed by atoms with Crippen molar-refractivity contribution < 1.29 is 5.11 Å².